The third kappa shape index (κ3) is 7.18. The molecular formula is C41H39ClN4O5. The zero-order chi connectivity index (χ0) is 35.5. The highest BCUT2D eigenvalue weighted by molar-refractivity contribution is 6.30. The smallest absolute Gasteiger partial charge is 0.262 e. The molecule has 0 radical (unpaired) electrons. The lowest BCUT2D eigenvalue weighted by atomic mass is 9.88. The molecule has 4 aromatic carbocycles. The highest BCUT2D eigenvalue weighted by atomic mass is 35.5. The maximum Gasteiger partial charge on any atom is 0.262 e. The number of fused-ring (bicyclic) bond motifs is 1. The molecule has 0 bridgehead atoms. The van der Waals surface area contributed by atoms with Gasteiger partial charge in [-0.05, 0) is 83.1 Å². The van der Waals surface area contributed by atoms with Crippen LogP contribution in [-0.2, 0) is 9.59 Å². The average molecular weight is 703 g/mol. The Labute approximate surface area is 302 Å². The van der Waals surface area contributed by atoms with Gasteiger partial charge in [-0.1, -0.05) is 73.1 Å². The van der Waals surface area contributed by atoms with Crippen molar-refractivity contribution >= 4 is 52.1 Å². The van der Waals surface area contributed by atoms with E-state index >= 15 is 0 Å². The largest absolute Gasteiger partial charge is 0.492 e. The van der Waals surface area contributed by atoms with E-state index in [1.807, 2.05) is 36.4 Å². The lowest BCUT2D eigenvalue weighted by molar-refractivity contribution is -0.136. The quantitative estimate of drug-likeness (QED) is 0.153. The third-order valence-electron chi connectivity index (χ3n) is 9.89. The monoisotopic (exact) mass is 702 g/mol. The summed E-state index contributed by atoms with van der Waals surface area (Å²) in [6.45, 7) is 6.67. The Morgan fingerprint density at radius 2 is 1.45 bits per heavy atom. The molecule has 4 aromatic rings. The minimum atomic E-state index is -0.973. The number of piperazine rings is 1. The number of allylic oxidation sites excluding steroid dienone is 1. The maximum absolute atomic E-state index is 13.3. The van der Waals surface area contributed by atoms with E-state index in [1.165, 1.54) is 16.7 Å². The Kier molecular flexibility index (Phi) is 10.0. The first kappa shape index (κ1) is 34.2. The lowest BCUT2D eigenvalue weighted by Crippen LogP contribution is -2.54. The fourth-order valence-electron chi connectivity index (χ4n) is 7.19. The van der Waals surface area contributed by atoms with Crippen molar-refractivity contribution in [2.75, 3.05) is 44.2 Å². The minimum absolute atomic E-state index is 0.0925. The van der Waals surface area contributed by atoms with Gasteiger partial charge in [-0.2, -0.15) is 0 Å². The van der Waals surface area contributed by atoms with Gasteiger partial charge in [-0.15, -0.1) is 0 Å². The molecule has 0 saturated carbocycles. The standard InChI is InChI=1S/C41H39ClN4O5/c1-2-33(27-6-4-3-5-7-27)38(28-8-12-30(42)13-9-28)29-10-15-32(16-11-29)51-25-24-44-20-22-45(23-21-44)31-14-17-34-35(26-31)41(50)46(40(34)49)36-18-19-37(47)43-39(36)48/h3-17,26,36H,2,18-25H2,1H3,(H,43,47,48)/b38-33-. The first-order valence-electron chi connectivity index (χ1n) is 17.4. The molecule has 0 spiro atoms. The van der Waals surface area contributed by atoms with Crippen molar-refractivity contribution in [3.05, 3.63) is 130 Å². The van der Waals surface area contributed by atoms with Gasteiger partial charge in [-0.3, -0.25) is 34.3 Å². The number of ether oxygens (including phenoxy) is 1. The molecule has 4 amide bonds. The van der Waals surface area contributed by atoms with Crippen molar-refractivity contribution in [2.45, 2.75) is 32.2 Å². The summed E-state index contributed by atoms with van der Waals surface area (Å²) in [5.74, 6) is -1.17. The Bertz CT molecular complexity index is 1990. The fourth-order valence-corrected chi connectivity index (χ4v) is 7.32. The van der Waals surface area contributed by atoms with Crippen LogP contribution in [0.3, 0.4) is 0 Å². The van der Waals surface area contributed by atoms with Crippen molar-refractivity contribution < 1.29 is 23.9 Å². The molecule has 3 heterocycles. The van der Waals surface area contributed by atoms with Crippen LogP contribution in [0.5, 0.6) is 5.75 Å². The predicted octanol–water partition coefficient (Wildman–Crippen LogP) is 6.31. The van der Waals surface area contributed by atoms with E-state index in [4.69, 9.17) is 16.3 Å². The molecule has 2 fully saturated rings. The molecule has 2 saturated heterocycles. The number of benzene rings is 4. The van der Waals surface area contributed by atoms with Crippen molar-refractivity contribution in [2.24, 2.45) is 0 Å². The van der Waals surface area contributed by atoms with Crippen LogP contribution in [0.2, 0.25) is 5.02 Å². The summed E-state index contributed by atoms with van der Waals surface area (Å²) >= 11 is 6.24. The Balaban J connectivity index is 0.951. The second kappa shape index (κ2) is 14.9. The van der Waals surface area contributed by atoms with Crippen LogP contribution in [0.1, 0.15) is 63.6 Å². The molecule has 1 atom stereocenters. The van der Waals surface area contributed by atoms with E-state index in [0.717, 1.165) is 66.6 Å². The van der Waals surface area contributed by atoms with E-state index in [9.17, 15) is 19.2 Å². The number of imide groups is 2. The van der Waals surface area contributed by atoms with Crippen LogP contribution >= 0.6 is 11.6 Å². The van der Waals surface area contributed by atoms with Crippen molar-refractivity contribution in [1.29, 1.82) is 0 Å². The summed E-state index contributed by atoms with van der Waals surface area (Å²) in [7, 11) is 0. The molecule has 0 aromatic heterocycles. The number of hydrogen-bond acceptors (Lipinski definition) is 7. The number of anilines is 1. The van der Waals surface area contributed by atoms with Gasteiger partial charge in [0.25, 0.3) is 11.8 Å². The van der Waals surface area contributed by atoms with Crippen LogP contribution in [0.25, 0.3) is 11.1 Å². The van der Waals surface area contributed by atoms with E-state index in [2.05, 4.69) is 70.6 Å². The Morgan fingerprint density at radius 3 is 2.12 bits per heavy atom. The van der Waals surface area contributed by atoms with Gasteiger partial charge in [0.1, 0.15) is 18.4 Å². The molecule has 1 N–H and O–H groups in total. The van der Waals surface area contributed by atoms with Crippen molar-refractivity contribution in [3.63, 3.8) is 0 Å². The number of nitrogens with one attached hydrogen (secondary N) is 1. The van der Waals surface area contributed by atoms with E-state index in [1.54, 1.807) is 12.1 Å². The van der Waals surface area contributed by atoms with Crippen molar-refractivity contribution in [1.82, 2.24) is 15.1 Å². The Morgan fingerprint density at radius 1 is 0.784 bits per heavy atom. The van der Waals surface area contributed by atoms with Crippen LogP contribution in [-0.4, -0.2) is 78.8 Å². The maximum atomic E-state index is 13.3. The van der Waals surface area contributed by atoms with E-state index in [0.29, 0.717) is 17.2 Å². The Hall–Kier alpha value is -5.25. The summed E-state index contributed by atoms with van der Waals surface area (Å²) in [5.41, 5.74) is 7.31. The van der Waals surface area contributed by atoms with Gasteiger partial charge in [0.15, 0.2) is 0 Å². The first-order valence-corrected chi connectivity index (χ1v) is 17.8. The van der Waals surface area contributed by atoms with Gasteiger partial charge in [0.2, 0.25) is 11.8 Å². The number of amides is 4. The summed E-state index contributed by atoms with van der Waals surface area (Å²) < 4.78 is 6.18. The molecule has 260 valence electrons. The molecule has 51 heavy (non-hydrogen) atoms. The van der Waals surface area contributed by atoms with Crippen LogP contribution < -0.4 is 15.0 Å². The summed E-state index contributed by atoms with van der Waals surface area (Å²) in [4.78, 5) is 55.9. The first-order chi connectivity index (χ1) is 24.8. The minimum Gasteiger partial charge on any atom is -0.492 e. The van der Waals surface area contributed by atoms with E-state index in [-0.39, 0.29) is 18.4 Å². The summed E-state index contributed by atoms with van der Waals surface area (Å²) in [6, 6.07) is 31.1. The zero-order valence-electron chi connectivity index (χ0n) is 28.4. The molecule has 3 aliphatic rings. The molecule has 0 aliphatic carbocycles. The van der Waals surface area contributed by atoms with Crippen molar-refractivity contribution in [3.8, 4) is 5.75 Å². The van der Waals surface area contributed by atoms with Gasteiger partial charge in [-0.25, -0.2) is 0 Å². The highest BCUT2D eigenvalue weighted by Gasteiger charge is 2.44. The second-order valence-corrected chi connectivity index (χ2v) is 13.4. The van der Waals surface area contributed by atoms with Gasteiger partial charge >= 0.3 is 0 Å². The third-order valence-corrected chi connectivity index (χ3v) is 10.1. The predicted molar refractivity (Wildman–Crippen MR) is 198 cm³/mol. The summed E-state index contributed by atoms with van der Waals surface area (Å²) in [6.07, 6.45) is 1.10. The topological polar surface area (TPSA) is 99.3 Å². The number of nitrogens with zero attached hydrogens (tertiary/aromatic N) is 3. The number of hydrogen-bond donors (Lipinski definition) is 1. The lowest BCUT2D eigenvalue weighted by Gasteiger charge is -2.36. The molecule has 9 nitrogen and oxygen atoms in total. The van der Waals surface area contributed by atoms with Crippen LogP contribution in [0, 0.1) is 0 Å². The molecule has 10 heteroatoms. The number of halogens is 1. The average Bonchev–Trinajstić information content (AvgIpc) is 3.40. The number of carbonyl (C=O) groups excluding carboxylic acids is 4. The number of rotatable bonds is 10. The van der Waals surface area contributed by atoms with Crippen LogP contribution in [0.4, 0.5) is 5.69 Å². The molecular weight excluding hydrogens is 664 g/mol. The van der Waals surface area contributed by atoms with Crippen LogP contribution in [0.15, 0.2) is 97.1 Å². The molecule has 7 rings (SSSR count). The second-order valence-electron chi connectivity index (χ2n) is 13.0. The SMILES string of the molecule is CC/C(=C(\c1ccc(Cl)cc1)c1ccc(OCCN2CCN(c3ccc4c(c3)C(=O)N(C3CCC(=O)NC3=O)C4=O)CC2)cc1)c1ccccc1. The van der Waals surface area contributed by atoms with Gasteiger partial charge < -0.3 is 9.64 Å². The highest BCUT2D eigenvalue weighted by Crippen LogP contribution is 2.36. The number of piperidine rings is 1. The molecule has 1 unspecified atom stereocenters. The fraction of sp³-hybridized carbons (Fsp3) is 0.268. The van der Waals surface area contributed by atoms with Gasteiger partial charge in [0.05, 0.1) is 11.1 Å². The summed E-state index contributed by atoms with van der Waals surface area (Å²) in [5, 5.41) is 2.95. The zero-order valence-corrected chi connectivity index (χ0v) is 29.2. The number of carbonyl (C=O) groups is 4. The molecule has 3 aliphatic heterocycles. The normalized spacial score (nSPS) is 18.4. The van der Waals surface area contributed by atoms with Gasteiger partial charge in [0, 0.05) is 49.9 Å². The van der Waals surface area contributed by atoms with E-state index < -0.39 is 29.7 Å².